The van der Waals surface area contributed by atoms with Gasteiger partial charge >= 0.3 is 0 Å². The third-order valence-electron chi connectivity index (χ3n) is 2.25. The second-order valence-electron chi connectivity index (χ2n) is 4.11. The van der Waals surface area contributed by atoms with Crippen LogP contribution < -0.4 is 0 Å². The van der Waals surface area contributed by atoms with Crippen LogP contribution in [0.4, 0.5) is 0 Å². The van der Waals surface area contributed by atoms with Gasteiger partial charge < -0.3 is 5.11 Å². The molecule has 1 nitrogen and oxygen atoms in total. The Balaban J connectivity index is 2.43. The summed E-state index contributed by atoms with van der Waals surface area (Å²) in [5.74, 6) is 0.721. The van der Waals surface area contributed by atoms with Gasteiger partial charge in [-0.1, -0.05) is 26.7 Å². The molecule has 0 radical (unpaired) electrons. The standard InChI is InChI=1S/C11H16Br2OS/c1-7(2)4-3-5-9(14)10-6-8(12)11(13)15-10/h6-7,9,14H,3-5H2,1-2H3. The van der Waals surface area contributed by atoms with Gasteiger partial charge in [0, 0.05) is 9.35 Å². The normalized spacial score (nSPS) is 13.5. The minimum atomic E-state index is -0.309. The minimum absolute atomic E-state index is 0.309. The summed E-state index contributed by atoms with van der Waals surface area (Å²) >= 11 is 8.47. The highest BCUT2D eigenvalue weighted by molar-refractivity contribution is 9.13. The lowest BCUT2D eigenvalue weighted by molar-refractivity contribution is 0.165. The summed E-state index contributed by atoms with van der Waals surface area (Å²) in [7, 11) is 0. The van der Waals surface area contributed by atoms with Crippen LogP contribution in [0, 0.1) is 5.92 Å². The zero-order valence-electron chi connectivity index (χ0n) is 8.96. The Morgan fingerprint density at radius 2 is 2.00 bits per heavy atom. The number of rotatable bonds is 5. The molecule has 0 amide bonds. The van der Waals surface area contributed by atoms with Gasteiger partial charge in [0.25, 0.3) is 0 Å². The number of aliphatic hydroxyl groups is 1. The van der Waals surface area contributed by atoms with Gasteiger partial charge in [0.1, 0.15) is 0 Å². The first-order valence-electron chi connectivity index (χ1n) is 5.13. The fraction of sp³-hybridized carbons (Fsp3) is 0.636. The highest BCUT2D eigenvalue weighted by Gasteiger charge is 2.12. The van der Waals surface area contributed by atoms with E-state index in [0.29, 0.717) is 0 Å². The molecule has 1 aromatic heterocycles. The molecule has 0 aromatic carbocycles. The van der Waals surface area contributed by atoms with Crippen molar-refractivity contribution in [2.75, 3.05) is 0 Å². The highest BCUT2D eigenvalue weighted by Crippen LogP contribution is 2.36. The summed E-state index contributed by atoms with van der Waals surface area (Å²) in [6, 6.07) is 1.99. The van der Waals surface area contributed by atoms with E-state index in [1.54, 1.807) is 11.3 Å². The molecule has 0 saturated heterocycles. The van der Waals surface area contributed by atoms with E-state index in [0.717, 1.165) is 31.9 Å². The van der Waals surface area contributed by atoms with Crippen LogP contribution >= 0.6 is 43.2 Å². The molecule has 1 atom stereocenters. The summed E-state index contributed by atoms with van der Waals surface area (Å²) < 4.78 is 2.09. The molecule has 0 spiro atoms. The number of aliphatic hydroxyl groups excluding tert-OH is 1. The van der Waals surface area contributed by atoms with Crippen molar-refractivity contribution < 1.29 is 5.11 Å². The monoisotopic (exact) mass is 354 g/mol. The molecule has 86 valence electrons. The van der Waals surface area contributed by atoms with Gasteiger partial charge in [0.05, 0.1) is 9.89 Å². The molecule has 1 unspecified atom stereocenters. The number of thiophene rings is 1. The number of halogens is 2. The lowest BCUT2D eigenvalue weighted by Gasteiger charge is -2.09. The molecular formula is C11H16Br2OS. The van der Waals surface area contributed by atoms with Crippen LogP contribution in [0.3, 0.4) is 0 Å². The third-order valence-corrected chi connectivity index (χ3v) is 5.61. The van der Waals surface area contributed by atoms with Crippen LogP contribution in [0.5, 0.6) is 0 Å². The van der Waals surface area contributed by atoms with Gasteiger partial charge in [-0.05, 0) is 50.3 Å². The van der Waals surface area contributed by atoms with E-state index in [1.807, 2.05) is 6.07 Å². The molecule has 0 aliphatic rings. The van der Waals surface area contributed by atoms with E-state index in [9.17, 15) is 5.11 Å². The van der Waals surface area contributed by atoms with E-state index >= 15 is 0 Å². The summed E-state index contributed by atoms with van der Waals surface area (Å²) in [5, 5.41) is 9.94. The average molecular weight is 356 g/mol. The quantitative estimate of drug-likeness (QED) is 0.775. The predicted octanol–water partition coefficient (Wildman–Crippen LogP) is 5.13. The van der Waals surface area contributed by atoms with Crippen molar-refractivity contribution in [3.8, 4) is 0 Å². The maximum absolute atomic E-state index is 9.94. The van der Waals surface area contributed by atoms with Gasteiger partial charge in [-0.25, -0.2) is 0 Å². The summed E-state index contributed by atoms with van der Waals surface area (Å²) in [6.45, 7) is 4.43. The maximum Gasteiger partial charge on any atom is 0.0882 e. The zero-order chi connectivity index (χ0) is 11.4. The average Bonchev–Trinajstić information content (AvgIpc) is 2.46. The lowest BCUT2D eigenvalue weighted by Crippen LogP contribution is -1.96. The molecule has 0 aliphatic carbocycles. The molecule has 1 aromatic rings. The maximum atomic E-state index is 9.94. The molecule has 0 saturated carbocycles. The fourth-order valence-electron chi connectivity index (χ4n) is 1.39. The first-order valence-corrected chi connectivity index (χ1v) is 7.53. The van der Waals surface area contributed by atoms with Gasteiger partial charge in [-0.3, -0.25) is 0 Å². The van der Waals surface area contributed by atoms with Gasteiger partial charge in [0.15, 0.2) is 0 Å². The van der Waals surface area contributed by atoms with E-state index in [4.69, 9.17) is 0 Å². The first-order chi connectivity index (χ1) is 7.00. The molecule has 0 aliphatic heterocycles. The van der Waals surface area contributed by atoms with E-state index in [2.05, 4.69) is 45.7 Å². The smallest absolute Gasteiger partial charge is 0.0882 e. The van der Waals surface area contributed by atoms with Crippen LogP contribution in [0.1, 0.15) is 44.1 Å². The van der Waals surface area contributed by atoms with Crippen molar-refractivity contribution in [1.29, 1.82) is 0 Å². The molecule has 15 heavy (non-hydrogen) atoms. The second kappa shape index (κ2) is 6.38. The Morgan fingerprint density at radius 1 is 1.33 bits per heavy atom. The second-order valence-corrected chi connectivity index (χ2v) is 7.37. The van der Waals surface area contributed by atoms with Gasteiger partial charge in [-0.15, -0.1) is 11.3 Å². The van der Waals surface area contributed by atoms with Gasteiger partial charge in [0.2, 0.25) is 0 Å². The first kappa shape index (κ1) is 13.7. The topological polar surface area (TPSA) is 20.2 Å². The van der Waals surface area contributed by atoms with Crippen LogP contribution in [-0.2, 0) is 0 Å². The third kappa shape index (κ3) is 4.55. The molecule has 4 heteroatoms. The van der Waals surface area contributed by atoms with Crippen molar-refractivity contribution in [3.05, 3.63) is 19.2 Å². The molecule has 1 rings (SSSR count). The SMILES string of the molecule is CC(C)CCCC(O)c1cc(Br)c(Br)s1. The Bertz CT molecular complexity index is 290. The van der Waals surface area contributed by atoms with Crippen LogP contribution in [0.2, 0.25) is 0 Å². The van der Waals surface area contributed by atoms with Crippen molar-refractivity contribution in [1.82, 2.24) is 0 Å². The molecular weight excluding hydrogens is 340 g/mol. The summed E-state index contributed by atoms with van der Waals surface area (Å²) in [5.41, 5.74) is 0. The molecule has 0 fully saturated rings. The van der Waals surface area contributed by atoms with Crippen molar-refractivity contribution in [2.24, 2.45) is 5.92 Å². The van der Waals surface area contributed by atoms with E-state index in [1.165, 1.54) is 6.42 Å². The summed E-state index contributed by atoms with van der Waals surface area (Å²) in [6.07, 6.45) is 2.82. The summed E-state index contributed by atoms with van der Waals surface area (Å²) in [4.78, 5) is 1.04. The molecule has 1 N–H and O–H groups in total. The zero-order valence-corrected chi connectivity index (χ0v) is 13.0. The van der Waals surface area contributed by atoms with Crippen molar-refractivity contribution in [3.63, 3.8) is 0 Å². The Morgan fingerprint density at radius 3 is 2.47 bits per heavy atom. The predicted molar refractivity (Wildman–Crippen MR) is 73.4 cm³/mol. The number of hydrogen-bond acceptors (Lipinski definition) is 2. The van der Waals surface area contributed by atoms with Gasteiger partial charge in [-0.2, -0.15) is 0 Å². The number of hydrogen-bond donors (Lipinski definition) is 1. The fourth-order valence-corrected chi connectivity index (χ4v) is 3.50. The van der Waals surface area contributed by atoms with Crippen molar-refractivity contribution in [2.45, 2.75) is 39.2 Å². The van der Waals surface area contributed by atoms with Crippen LogP contribution in [-0.4, -0.2) is 5.11 Å². The van der Waals surface area contributed by atoms with Crippen LogP contribution in [0.25, 0.3) is 0 Å². The molecule has 1 heterocycles. The Kier molecular flexibility index (Phi) is 5.82. The minimum Gasteiger partial charge on any atom is -0.388 e. The van der Waals surface area contributed by atoms with Crippen molar-refractivity contribution >= 4 is 43.2 Å². The van der Waals surface area contributed by atoms with E-state index in [-0.39, 0.29) is 6.10 Å². The van der Waals surface area contributed by atoms with Crippen LogP contribution in [0.15, 0.2) is 14.3 Å². The largest absolute Gasteiger partial charge is 0.388 e. The van der Waals surface area contributed by atoms with E-state index < -0.39 is 0 Å². The molecule has 0 bridgehead atoms. The Hall–Kier alpha value is 0.620. The highest BCUT2D eigenvalue weighted by atomic mass is 79.9. The lowest BCUT2D eigenvalue weighted by atomic mass is 10.0. The Labute approximate surface area is 112 Å².